The van der Waals surface area contributed by atoms with Gasteiger partial charge in [0.05, 0.1) is 12.7 Å². The molecule has 0 spiro atoms. The van der Waals surface area contributed by atoms with Crippen molar-refractivity contribution in [2.45, 2.75) is 44.4 Å². The number of fused-ring (bicyclic) bond motifs is 1. The number of hydrogen-bond acceptors (Lipinski definition) is 4. The summed E-state index contributed by atoms with van der Waals surface area (Å²) in [6.45, 7) is 5.08. The number of rotatable bonds is 5. The van der Waals surface area contributed by atoms with Gasteiger partial charge in [-0.25, -0.2) is 0 Å². The molecular formula is C16H25N3O. The Morgan fingerprint density at radius 3 is 3.20 bits per heavy atom. The molecule has 20 heavy (non-hydrogen) atoms. The second kappa shape index (κ2) is 7.16. The van der Waals surface area contributed by atoms with E-state index in [1.807, 2.05) is 18.5 Å². The van der Waals surface area contributed by atoms with Crippen molar-refractivity contribution in [2.75, 3.05) is 26.2 Å². The highest BCUT2D eigenvalue weighted by atomic mass is 16.5. The lowest BCUT2D eigenvalue weighted by atomic mass is 9.90. The standard InChI is InChI=1S/C16H25N3O/c1-2-6-16-15(5-1)19(10-11-20-16)9-8-18-13-14-4-3-7-17-12-14/h3-4,7,12,15-16,18H,1-2,5-6,8-11,13H2. The van der Waals surface area contributed by atoms with Crippen molar-refractivity contribution >= 4 is 0 Å². The lowest BCUT2D eigenvalue weighted by molar-refractivity contribution is -0.0873. The van der Waals surface area contributed by atoms with Crippen LogP contribution in [0.3, 0.4) is 0 Å². The normalized spacial score (nSPS) is 27.2. The number of aromatic nitrogens is 1. The van der Waals surface area contributed by atoms with Crippen molar-refractivity contribution in [3.05, 3.63) is 30.1 Å². The highest BCUT2D eigenvalue weighted by Gasteiger charge is 2.33. The predicted octanol–water partition coefficient (Wildman–Crippen LogP) is 1.81. The van der Waals surface area contributed by atoms with Crippen molar-refractivity contribution in [2.24, 2.45) is 0 Å². The predicted molar refractivity (Wildman–Crippen MR) is 79.5 cm³/mol. The molecule has 1 saturated carbocycles. The second-order valence-corrected chi connectivity index (χ2v) is 5.84. The van der Waals surface area contributed by atoms with Crippen LogP contribution in [0, 0.1) is 0 Å². The third kappa shape index (κ3) is 3.57. The molecule has 110 valence electrons. The summed E-state index contributed by atoms with van der Waals surface area (Å²) in [5.41, 5.74) is 1.25. The van der Waals surface area contributed by atoms with E-state index >= 15 is 0 Å². The van der Waals surface area contributed by atoms with Crippen LogP contribution in [0.1, 0.15) is 31.2 Å². The van der Waals surface area contributed by atoms with Gasteiger partial charge in [0.1, 0.15) is 0 Å². The molecule has 2 fully saturated rings. The summed E-state index contributed by atoms with van der Waals surface area (Å²) in [5, 5.41) is 3.52. The van der Waals surface area contributed by atoms with Crippen LogP contribution in [-0.2, 0) is 11.3 Å². The fourth-order valence-corrected chi connectivity index (χ4v) is 3.41. The molecular weight excluding hydrogens is 250 g/mol. The highest BCUT2D eigenvalue weighted by molar-refractivity contribution is 5.07. The van der Waals surface area contributed by atoms with Gasteiger partial charge in [0, 0.05) is 44.6 Å². The molecule has 0 amide bonds. The van der Waals surface area contributed by atoms with Gasteiger partial charge >= 0.3 is 0 Å². The molecule has 1 aromatic rings. The van der Waals surface area contributed by atoms with Crippen molar-refractivity contribution in [1.82, 2.24) is 15.2 Å². The van der Waals surface area contributed by atoms with Gasteiger partial charge in [-0.05, 0) is 24.5 Å². The molecule has 1 saturated heterocycles. The van der Waals surface area contributed by atoms with Crippen molar-refractivity contribution in [1.29, 1.82) is 0 Å². The lowest BCUT2D eigenvalue weighted by Crippen LogP contribution is -2.54. The first-order valence-electron chi connectivity index (χ1n) is 7.89. The quantitative estimate of drug-likeness (QED) is 0.832. The van der Waals surface area contributed by atoms with Crippen LogP contribution in [0.15, 0.2) is 24.5 Å². The van der Waals surface area contributed by atoms with Gasteiger partial charge in [0.15, 0.2) is 0 Å². The molecule has 2 heterocycles. The van der Waals surface area contributed by atoms with Gasteiger partial charge in [-0.3, -0.25) is 9.88 Å². The topological polar surface area (TPSA) is 37.4 Å². The maximum atomic E-state index is 5.92. The van der Waals surface area contributed by atoms with E-state index in [1.54, 1.807) is 0 Å². The average Bonchev–Trinajstić information content (AvgIpc) is 2.53. The summed E-state index contributed by atoms with van der Waals surface area (Å²) in [6.07, 6.45) is 9.52. The number of ether oxygens (including phenoxy) is 1. The fraction of sp³-hybridized carbons (Fsp3) is 0.688. The third-order valence-electron chi connectivity index (χ3n) is 4.47. The molecule has 1 aromatic heterocycles. The summed E-state index contributed by atoms with van der Waals surface area (Å²) >= 11 is 0. The van der Waals surface area contributed by atoms with E-state index in [0.29, 0.717) is 12.1 Å². The van der Waals surface area contributed by atoms with Gasteiger partial charge < -0.3 is 10.1 Å². The smallest absolute Gasteiger partial charge is 0.0730 e. The van der Waals surface area contributed by atoms with E-state index in [0.717, 1.165) is 32.8 Å². The molecule has 2 unspecified atom stereocenters. The molecule has 4 nitrogen and oxygen atoms in total. The number of nitrogens with one attached hydrogen (secondary N) is 1. The zero-order valence-electron chi connectivity index (χ0n) is 12.1. The molecule has 4 heteroatoms. The van der Waals surface area contributed by atoms with Gasteiger partial charge in [-0.1, -0.05) is 18.9 Å². The lowest BCUT2D eigenvalue weighted by Gasteiger charge is -2.43. The van der Waals surface area contributed by atoms with Crippen LogP contribution in [-0.4, -0.2) is 48.3 Å². The first-order chi connectivity index (χ1) is 9.93. The SMILES string of the molecule is c1cncc(CNCCN2CCOC3CCCCC32)c1. The fourth-order valence-electron chi connectivity index (χ4n) is 3.41. The Hall–Kier alpha value is -0.970. The first-order valence-corrected chi connectivity index (χ1v) is 7.89. The minimum Gasteiger partial charge on any atom is -0.375 e. The minimum atomic E-state index is 0.496. The summed E-state index contributed by atoms with van der Waals surface area (Å²) in [5.74, 6) is 0. The van der Waals surface area contributed by atoms with Crippen LogP contribution in [0.25, 0.3) is 0 Å². The van der Waals surface area contributed by atoms with Crippen molar-refractivity contribution in [3.8, 4) is 0 Å². The molecule has 1 aliphatic carbocycles. The Bertz CT molecular complexity index is 396. The molecule has 2 aliphatic rings. The van der Waals surface area contributed by atoms with Crippen LogP contribution >= 0.6 is 0 Å². The van der Waals surface area contributed by atoms with Crippen LogP contribution < -0.4 is 5.32 Å². The van der Waals surface area contributed by atoms with Gasteiger partial charge in [-0.2, -0.15) is 0 Å². The number of hydrogen-bond donors (Lipinski definition) is 1. The van der Waals surface area contributed by atoms with Crippen LogP contribution in [0.4, 0.5) is 0 Å². The third-order valence-corrected chi connectivity index (χ3v) is 4.47. The Balaban J connectivity index is 1.41. The maximum absolute atomic E-state index is 5.92. The summed E-state index contributed by atoms with van der Waals surface area (Å²) in [7, 11) is 0. The number of morpholine rings is 1. The molecule has 0 aromatic carbocycles. The van der Waals surface area contributed by atoms with Crippen molar-refractivity contribution in [3.63, 3.8) is 0 Å². The van der Waals surface area contributed by atoms with E-state index in [-0.39, 0.29) is 0 Å². The Morgan fingerprint density at radius 2 is 2.30 bits per heavy atom. The number of pyridine rings is 1. The summed E-state index contributed by atoms with van der Waals surface area (Å²) < 4.78 is 5.92. The average molecular weight is 275 g/mol. The zero-order valence-corrected chi connectivity index (χ0v) is 12.1. The second-order valence-electron chi connectivity index (χ2n) is 5.84. The van der Waals surface area contributed by atoms with E-state index in [2.05, 4.69) is 21.3 Å². The maximum Gasteiger partial charge on any atom is 0.0730 e. The monoisotopic (exact) mass is 275 g/mol. The largest absolute Gasteiger partial charge is 0.375 e. The van der Waals surface area contributed by atoms with Crippen LogP contribution in [0.5, 0.6) is 0 Å². The van der Waals surface area contributed by atoms with Crippen molar-refractivity contribution < 1.29 is 4.74 Å². The summed E-state index contributed by atoms with van der Waals surface area (Å²) in [4.78, 5) is 6.77. The Labute approximate surface area is 121 Å². The number of nitrogens with zero attached hydrogens (tertiary/aromatic N) is 2. The Morgan fingerprint density at radius 1 is 1.35 bits per heavy atom. The molecule has 0 radical (unpaired) electrons. The van der Waals surface area contributed by atoms with Gasteiger partial charge in [-0.15, -0.1) is 0 Å². The summed E-state index contributed by atoms with van der Waals surface area (Å²) in [6, 6.07) is 4.77. The van der Waals surface area contributed by atoms with E-state index < -0.39 is 0 Å². The van der Waals surface area contributed by atoms with Gasteiger partial charge in [0.25, 0.3) is 0 Å². The van der Waals surface area contributed by atoms with E-state index in [9.17, 15) is 0 Å². The molecule has 3 rings (SSSR count). The van der Waals surface area contributed by atoms with Crippen LogP contribution in [0.2, 0.25) is 0 Å². The van der Waals surface area contributed by atoms with E-state index in [4.69, 9.17) is 4.74 Å². The van der Waals surface area contributed by atoms with E-state index in [1.165, 1.54) is 31.2 Å². The van der Waals surface area contributed by atoms with Gasteiger partial charge in [0.2, 0.25) is 0 Å². The first kappa shape index (κ1) is 14.0. The zero-order chi connectivity index (χ0) is 13.6. The molecule has 0 bridgehead atoms. The highest BCUT2D eigenvalue weighted by Crippen LogP contribution is 2.27. The Kier molecular flexibility index (Phi) is 5.01. The molecule has 2 atom stereocenters. The molecule has 1 aliphatic heterocycles. The minimum absolute atomic E-state index is 0.496. The molecule has 1 N–H and O–H groups in total.